The number of hydrogen-bond acceptors (Lipinski definition) is 9. The third-order valence-electron chi connectivity index (χ3n) is 7.75. The molecule has 2 aliphatic heterocycles. The van der Waals surface area contributed by atoms with Gasteiger partial charge in [-0.3, -0.25) is 4.90 Å². The Balaban J connectivity index is 1.41. The van der Waals surface area contributed by atoms with Gasteiger partial charge in [0.2, 0.25) is 0 Å². The predicted octanol–water partition coefficient (Wildman–Crippen LogP) is 5.64. The number of thiazole rings is 1. The normalized spacial score (nSPS) is 18.2. The van der Waals surface area contributed by atoms with E-state index < -0.39 is 0 Å². The molecule has 6 rings (SSSR count). The van der Waals surface area contributed by atoms with E-state index in [0.29, 0.717) is 17.7 Å². The Morgan fingerprint density at radius 3 is 2.68 bits per heavy atom. The minimum absolute atomic E-state index is 0.278. The molecule has 2 N–H and O–H groups in total. The molecule has 9 heteroatoms. The van der Waals surface area contributed by atoms with Crippen LogP contribution in [-0.2, 0) is 6.54 Å². The molecule has 0 aliphatic carbocycles. The molecule has 1 fully saturated rings. The van der Waals surface area contributed by atoms with Crippen LogP contribution in [0.5, 0.6) is 5.75 Å². The van der Waals surface area contributed by atoms with Gasteiger partial charge in [-0.05, 0) is 75.5 Å². The predicted molar refractivity (Wildman–Crippen MR) is 154 cm³/mol. The zero-order valence-corrected chi connectivity index (χ0v) is 23.6. The molecular formula is C29H35N7OS. The van der Waals surface area contributed by atoms with Gasteiger partial charge >= 0.3 is 0 Å². The molecule has 1 saturated heterocycles. The van der Waals surface area contributed by atoms with Gasteiger partial charge in [0.15, 0.2) is 5.13 Å². The average molecular weight is 530 g/mol. The minimum Gasteiger partial charge on any atom is -0.491 e. The Hall–Kier alpha value is -3.30. The lowest BCUT2D eigenvalue weighted by atomic mass is 9.98. The van der Waals surface area contributed by atoms with E-state index in [1.165, 1.54) is 23.3 Å². The molecule has 8 nitrogen and oxygen atoms in total. The Bertz CT molecular complexity index is 1510. The molecule has 4 aromatic rings. The lowest BCUT2D eigenvalue weighted by Gasteiger charge is -2.28. The maximum absolute atomic E-state index is 6.34. The minimum atomic E-state index is 0.278. The van der Waals surface area contributed by atoms with E-state index in [4.69, 9.17) is 20.4 Å². The summed E-state index contributed by atoms with van der Waals surface area (Å²) in [5, 5.41) is 0.538. The van der Waals surface area contributed by atoms with Crippen LogP contribution in [0.25, 0.3) is 21.5 Å². The molecule has 0 spiro atoms. The van der Waals surface area contributed by atoms with Crippen molar-refractivity contribution < 1.29 is 4.74 Å². The molecule has 2 aliphatic rings. The molecule has 1 aromatic carbocycles. The average Bonchev–Trinajstić information content (AvgIpc) is 3.39. The molecule has 198 valence electrons. The van der Waals surface area contributed by atoms with Crippen LogP contribution in [-0.4, -0.2) is 51.6 Å². The molecule has 5 heterocycles. The lowest BCUT2D eigenvalue weighted by Crippen LogP contribution is -2.30. The van der Waals surface area contributed by atoms with Crippen molar-refractivity contribution in [2.75, 3.05) is 37.4 Å². The second-order valence-electron chi connectivity index (χ2n) is 10.8. The Morgan fingerprint density at radius 1 is 1.08 bits per heavy atom. The van der Waals surface area contributed by atoms with Crippen molar-refractivity contribution in [1.82, 2.24) is 24.8 Å². The maximum Gasteiger partial charge on any atom is 0.182 e. The molecular weight excluding hydrogens is 494 g/mol. The Kier molecular flexibility index (Phi) is 6.44. The molecule has 0 radical (unpaired) electrons. The monoisotopic (exact) mass is 529 g/mol. The summed E-state index contributed by atoms with van der Waals surface area (Å²) in [6.45, 7) is 11.9. The largest absolute Gasteiger partial charge is 0.491 e. The number of anilines is 2. The number of nitrogens with zero attached hydrogens (tertiary/aromatic N) is 6. The van der Waals surface area contributed by atoms with Crippen LogP contribution < -0.4 is 15.4 Å². The van der Waals surface area contributed by atoms with Gasteiger partial charge in [0.1, 0.15) is 34.3 Å². The van der Waals surface area contributed by atoms with Gasteiger partial charge in [-0.15, -0.1) is 0 Å². The number of nitrogen functional groups attached to an aromatic ring is 1. The fourth-order valence-corrected chi connectivity index (χ4v) is 6.61. The van der Waals surface area contributed by atoms with Crippen LogP contribution in [0.15, 0.2) is 24.4 Å². The van der Waals surface area contributed by atoms with Crippen molar-refractivity contribution in [2.24, 2.45) is 0 Å². The van der Waals surface area contributed by atoms with Crippen molar-refractivity contribution in [3.05, 3.63) is 52.6 Å². The Morgan fingerprint density at radius 2 is 1.92 bits per heavy atom. The number of hydrogen-bond donors (Lipinski definition) is 1. The molecule has 1 atom stereocenters. The van der Waals surface area contributed by atoms with Crippen molar-refractivity contribution in [3.8, 4) is 16.9 Å². The number of aryl methyl sites for hydroxylation is 2. The highest BCUT2D eigenvalue weighted by molar-refractivity contribution is 7.21. The standard InChI is InChI=1S/C29H35N7OS/c1-16(2)24-18(4)32-26(23-7-6-8-35(23)5)34-27(24)36-9-10-37-25-17(3)11-19(12-21(25)15-36)20-13-22-28(31-14-20)38-29(30)33-22/h11-14,16,23H,6-10,15H2,1-5H3,(H2,30,33). The summed E-state index contributed by atoms with van der Waals surface area (Å²) in [6.07, 6.45) is 4.20. The van der Waals surface area contributed by atoms with E-state index in [2.05, 4.69) is 72.7 Å². The first-order valence-electron chi connectivity index (χ1n) is 13.4. The smallest absolute Gasteiger partial charge is 0.182 e. The third kappa shape index (κ3) is 4.47. The van der Waals surface area contributed by atoms with E-state index in [1.807, 2.05) is 6.20 Å². The molecule has 0 bridgehead atoms. The number of rotatable bonds is 4. The van der Waals surface area contributed by atoms with Crippen molar-refractivity contribution >= 4 is 32.6 Å². The van der Waals surface area contributed by atoms with Crippen LogP contribution in [0.2, 0.25) is 0 Å². The topological polar surface area (TPSA) is 93.3 Å². The number of fused-ring (bicyclic) bond motifs is 2. The first kappa shape index (κ1) is 25.0. The summed E-state index contributed by atoms with van der Waals surface area (Å²) >= 11 is 1.41. The van der Waals surface area contributed by atoms with Crippen LogP contribution >= 0.6 is 11.3 Å². The third-order valence-corrected chi connectivity index (χ3v) is 8.55. The molecule has 0 saturated carbocycles. The van der Waals surface area contributed by atoms with Gasteiger partial charge < -0.3 is 15.4 Å². The summed E-state index contributed by atoms with van der Waals surface area (Å²) in [4.78, 5) is 24.9. The second-order valence-corrected chi connectivity index (χ2v) is 11.9. The van der Waals surface area contributed by atoms with Gasteiger partial charge in [0.25, 0.3) is 0 Å². The van der Waals surface area contributed by atoms with Gasteiger partial charge in [0, 0.05) is 35.1 Å². The number of pyridine rings is 1. The summed E-state index contributed by atoms with van der Waals surface area (Å²) in [5.74, 6) is 3.28. The summed E-state index contributed by atoms with van der Waals surface area (Å²) in [6, 6.07) is 6.75. The van der Waals surface area contributed by atoms with Crippen molar-refractivity contribution in [2.45, 2.75) is 59.0 Å². The fourth-order valence-electron chi connectivity index (χ4n) is 5.95. The number of ether oxygens (including phenoxy) is 1. The van der Waals surface area contributed by atoms with E-state index >= 15 is 0 Å². The highest BCUT2D eigenvalue weighted by Gasteiger charge is 2.29. The summed E-state index contributed by atoms with van der Waals surface area (Å²) < 4.78 is 6.34. The maximum atomic E-state index is 6.34. The second kappa shape index (κ2) is 9.78. The van der Waals surface area contributed by atoms with E-state index in [-0.39, 0.29) is 6.04 Å². The van der Waals surface area contributed by atoms with Gasteiger partial charge in [-0.1, -0.05) is 25.2 Å². The van der Waals surface area contributed by atoms with Crippen molar-refractivity contribution in [1.29, 1.82) is 0 Å². The quantitative estimate of drug-likeness (QED) is 0.363. The molecule has 0 amide bonds. The number of benzene rings is 1. The van der Waals surface area contributed by atoms with Crippen molar-refractivity contribution in [3.63, 3.8) is 0 Å². The Labute approximate surface area is 227 Å². The van der Waals surface area contributed by atoms with Crippen LogP contribution in [0.3, 0.4) is 0 Å². The molecule has 3 aromatic heterocycles. The SMILES string of the molecule is Cc1cc(-c2cnc3sc(N)nc3c2)cc2c1OCCN(c1nc(C3CCCN3C)nc(C)c1C(C)C)C2. The first-order chi connectivity index (χ1) is 18.3. The zero-order chi connectivity index (χ0) is 26.6. The summed E-state index contributed by atoms with van der Waals surface area (Å²) in [5.41, 5.74) is 13.5. The van der Waals surface area contributed by atoms with Gasteiger partial charge in [-0.2, -0.15) is 0 Å². The highest BCUT2D eigenvalue weighted by atomic mass is 32.1. The highest BCUT2D eigenvalue weighted by Crippen LogP contribution is 2.38. The molecule has 1 unspecified atom stereocenters. The first-order valence-corrected chi connectivity index (χ1v) is 14.2. The lowest BCUT2D eigenvalue weighted by molar-refractivity contribution is 0.305. The molecule has 38 heavy (non-hydrogen) atoms. The van der Waals surface area contributed by atoms with Crippen LogP contribution in [0.1, 0.15) is 66.9 Å². The summed E-state index contributed by atoms with van der Waals surface area (Å²) in [7, 11) is 2.18. The van der Waals surface area contributed by atoms with Crippen LogP contribution in [0.4, 0.5) is 10.9 Å². The van der Waals surface area contributed by atoms with Gasteiger partial charge in [-0.25, -0.2) is 19.9 Å². The van der Waals surface area contributed by atoms with Crippen LogP contribution in [0, 0.1) is 13.8 Å². The fraction of sp³-hybridized carbons (Fsp3) is 0.448. The van der Waals surface area contributed by atoms with E-state index in [9.17, 15) is 0 Å². The van der Waals surface area contributed by atoms with E-state index in [1.54, 1.807) is 0 Å². The zero-order valence-electron chi connectivity index (χ0n) is 22.8. The number of aromatic nitrogens is 4. The number of nitrogens with two attached hydrogens (primary N) is 1. The van der Waals surface area contributed by atoms with Gasteiger partial charge in [0.05, 0.1) is 12.6 Å². The number of likely N-dealkylation sites (tertiary alicyclic amines) is 1. The van der Waals surface area contributed by atoms with E-state index in [0.717, 1.165) is 81.7 Å².